The van der Waals surface area contributed by atoms with E-state index in [-0.39, 0.29) is 11.9 Å². The zero-order valence-corrected chi connectivity index (χ0v) is 16.0. The number of hydrogen-bond donors (Lipinski definition) is 0. The molecule has 0 unspecified atom stereocenters. The fourth-order valence-electron chi connectivity index (χ4n) is 3.72. The summed E-state index contributed by atoms with van der Waals surface area (Å²) in [5, 5.41) is 8.68. The molecule has 1 aromatic carbocycles. The van der Waals surface area contributed by atoms with Crippen LogP contribution in [0.2, 0.25) is 0 Å². The van der Waals surface area contributed by atoms with E-state index in [9.17, 15) is 4.79 Å². The topological polar surface area (TPSA) is 47.4 Å². The van der Waals surface area contributed by atoms with E-state index < -0.39 is 0 Å². The van der Waals surface area contributed by atoms with Crippen molar-refractivity contribution in [3.05, 3.63) is 76.8 Å². The molecule has 138 valence electrons. The number of nitrogens with zero attached hydrogens (tertiary/aromatic N) is 3. The average molecular weight is 379 g/mol. The maximum Gasteiger partial charge on any atom is 0.246 e. The fraction of sp³-hybridized carbons (Fsp3) is 0.238. The number of aromatic nitrogens is 2. The van der Waals surface area contributed by atoms with E-state index in [4.69, 9.17) is 4.74 Å². The lowest BCUT2D eigenvalue weighted by Crippen LogP contribution is -2.39. The summed E-state index contributed by atoms with van der Waals surface area (Å²) in [7, 11) is 1.65. The Labute approximate surface area is 162 Å². The van der Waals surface area contributed by atoms with Crippen LogP contribution >= 0.6 is 11.3 Å². The van der Waals surface area contributed by atoms with Crippen molar-refractivity contribution >= 4 is 17.2 Å². The van der Waals surface area contributed by atoms with E-state index in [1.165, 1.54) is 17.2 Å². The van der Waals surface area contributed by atoms with E-state index in [0.717, 1.165) is 29.8 Å². The first-order valence-electron chi connectivity index (χ1n) is 8.84. The molecule has 0 fully saturated rings. The number of amides is 1. The predicted octanol–water partition coefficient (Wildman–Crippen LogP) is 3.62. The minimum absolute atomic E-state index is 0.0552. The molecule has 0 N–H and O–H groups in total. The Kier molecular flexibility index (Phi) is 4.81. The first-order valence-corrected chi connectivity index (χ1v) is 9.78. The van der Waals surface area contributed by atoms with Crippen molar-refractivity contribution in [1.29, 1.82) is 0 Å². The lowest BCUT2D eigenvalue weighted by molar-refractivity contribution is -0.128. The number of carbonyl (C=O) groups excluding carboxylic acids is 1. The van der Waals surface area contributed by atoms with Crippen LogP contribution in [-0.2, 0) is 24.2 Å². The van der Waals surface area contributed by atoms with Gasteiger partial charge < -0.3 is 9.64 Å². The number of hydrogen-bond acceptors (Lipinski definition) is 4. The van der Waals surface area contributed by atoms with Gasteiger partial charge in [-0.05, 0) is 52.9 Å². The molecule has 0 bridgehead atoms. The third-order valence-electron chi connectivity index (χ3n) is 5.01. The average Bonchev–Trinajstić information content (AvgIpc) is 3.42. The van der Waals surface area contributed by atoms with Crippen molar-refractivity contribution in [3.8, 4) is 11.4 Å². The predicted molar refractivity (Wildman–Crippen MR) is 106 cm³/mol. The number of benzene rings is 1. The number of rotatable bonds is 6. The second-order valence-electron chi connectivity index (χ2n) is 6.57. The van der Waals surface area contributed by atoms with Crippen LogP contribution in [0, 0.1) is 0 Å². The molecule has 4 rings (SSSR count). The van der Waals surface area contributed by atoms with Crippen molar-refractivity contribution in [2.75, 3.05) is 7.11 Å². The summed E-state index contributed by atoms with van der Waals surface area (Å²) in [6.07, 6.45) is 6.79. The molecule has 27 heavy (non-hydrogen) atoms. The Hall–Kier alpha value is -2.86. The first kappa shape index (κ1) is 17.5. The summed E-state index contributed by atoms with van der Waals surface area (Å²) in [6, 6.07) is 7.95. The zero-order valence-electron chi connectivity index (χ0n) is 15.2. The van der Waals surface area contributed by atoms with Gasteiger partial charge in [0.25, 0.3) is 0 Å². The third-order valence-corrected chi connectivity index (χ3v) is 5.86. The van der Waals surface area contributed by atoms with Crippen LogP contribution in [-0.4, -0.2) is 33.7 Å². The highest BCUT2D eigenvalue weighted by Crippen LogP contribution is 2.32. The molecule has 2 heterocycles. The van der Waals surface area contributed by atoms with Crippen molar-refractivity contribution in [3.63, 3.8) is 0 Å². The monoisotopic (exact) mass is 379 g/mol. The summed E-state index contributed by atoms with van der Waals surface area (Å²) < 4.78 is 7.47. The number of para-hydroxylation sites is 1. The molecule has 2 aromatic heterocycles. The Bertz CT molecular complexity index is 941. The van der Waals surface area contributed by atoms with Gasteiger partial charge >= 0.3 is 0 Å². The molecule has 5 nitrogen and oxygen atoms in total. The Balaban J connectivity index is 1.66. The van der Waals surface area contributed by atoms with Crippen LogP contribution in [0.5, 0.6) is 5.75 Å². The number of carbonyl (C=O) groups is 1. The third kappa shape index (κ3) is 3.28. The van der Waals surface area contributed by atoms with Crippen LogP contribution in [0.3, 0.4) is 0 Å². The van der Waals surface area contributed by atoms with Crippen LogP contribution < -0.4 is 4.74 Å². The van der Waals surface area contributed by atoms with E-state index >= 15 is 0 Å². The summed E-state index contributed by atoms with van der Waals surface area (Å²) in [5.74, 6) is 0.676. The highest BCUT2D eigenvalue weighted by Gasteiger charge is 2.30. The second-order valence-corrected chi connectivity index (χ2v) is 7.32. The van der Waals surface area contributed by atoms with E-state index in [1.807, 2.05) is 35.4 Å². The molecule has 3 aromatic rings. The maximum absolute atomic E-state index is 12.6. The quantitative estimate of drug-likeness (QED) is 0.615. The highest BCUT2D eigenvalue weighted by atomic mass is 32.1. The molecule has 0 atom stereocenters. The summed E-state index contributed by atoms with van der Waals surface area (Å²) >= 11 is 1.73. The summed E-state index contributed by atoms with van der Waals surface area (Å²) in [4.78, 5) is 14.5. The van der Waals surface area contributed by atoms with Gasteiger partial charge in [0.15, 0.2) is 0 Å². The molecule has 1 aliphatic carbocycles. The van der Waals surface area contributed by atoms with Gasteiger partial charge in [-0.25, -0.2) is 4.68 Å². The van der Waals surface area contributed by atoms with Gasteiger partial charge in [-0.3, -0.25) is 4.79 Å². The van der Waals surface area contributed by atoms with Crippen LogP contribution in [0.1, 0.15) is 16.7 Å². The lowest BCUT2D eigenvalue weighted by Gasteiger charge is -2.29. The van der Waals surface area contributed by atoms with Gasteiger partial charge in [0, 0.05) is 24.0 Å². The smallest absolute Gasteiger partial charge is 0.246 e. The zero-order chi connectivity index (χ0) is 18.8. The van der Waals surface area contributed by atoms with Gasteiger partial charge in [-0.2, -0.15) is 16.4 Å². The minimum atomic E-state index is -0.0552. The Morgan fingerprint density at radius 3 is 2.78 bits per heavy atom. The van der Waals surface area contributed by atoms with Gasteiger partial charge in [0.05, 0.1) is 13.7 Å². The van der Waals surface area contributed by atoms with Crippen molar-refractivity contribution in [2.45, 2.75) is 25.4 Å². The van der Waals surface area contributed by atoms with E-state index in [1.54, 1.807) is 29.3 Å². The maximum atomic E-state index is 12.6. The minimum Gasteiger partial charge on any atom is -0.494 e. The van der Waals surface area contributed by atoms with E-state index in [2.05, 4.69) is 22.4 Å². The van der Waals surface area contributed by atoms with Crippen LogP contribution in [0.4, 0.5) is 0 Å². The first-order chi connectivity index (χ1) is 13.2. The Morgan fingerprint density at radius 1 is 1.37 bits per heavy atom. The summed E-state index contributed by atoms with van der Waals surface area (Å²) in [6.45, 7) is 4.17. The van der Waals surface area contributed by atoms with Crippen LogP contribution in [0.15, 0.2) is 60.1 Å². The SMILES string of the molecule is C=CC(=O)N(Cc1cccc(-n2cccn2)c1OC)C1Cc2cscc2C1. The molecule has 0 radical (unpaired) electrons. The molecule has 1 aliphatic rings. The van der Waals surface area contributed by atoms with Gasteiger partial charge in [-0.1, -0.05) is 18.7 Å². The highest BCUT2D eigenvalue weighted by molar-refractivity contribution is 7.08. The van der Waals surface area contributed by atoms with Gasteiger partial charge in [0.2, 0.25) is 5.91 Å². The molecular weight excluding hydrogens is 358 g/mol. The lowest BCUT2D eigenvalue weighted by atomic mass is 10.1. The summed E-state index contributed by atoms with van der Waals surface area (Å²) in [5.41, 5.74) is 4.51. The molecule has 0 saturated heterocycles. The van der Waals surface area contributed by atoms with Crippen molar-refractivity contribution < 1.29 is 9.53 Å². The number of thiophene rings is 1. The molecule has 0 saturated carbocycles. The van der Waals surface area contributed by atoms with Gasteiger partial charge in [-0.15, -0.1) is 0 Å². The largest absolute Gasteiger partial charge is 0.494 e. The normalized spacial score (nSPS) is 13.4. The molecule has 0 aliphatic heterocycles. The molecule has 6 heteroatoms. The standard InChI is InChI=1S/C21H21N3O2S/c1-3-20(25)23(18-10-16-13-27-14-17(16)11-18)12-15-6-4-7-19(21(15)26-2)24-9-5-8-22-24/h3-9,13-14,18H,1,10-12H2,2H3. The molecular formula is C21H21N3O2S. The van der Waals surface area contributed by atoms with Crippen molar-refractivity contribution in [1.82, 2.24) is 14.7 Å². The number of fused-ring (bicyclic) bond motifs is 1. The molecule has 1 amide bonds. The second kappa shape index (κ2) is 7.40. The number of ether oxygens (including phenoxy) is 1. The van der Waals surface area contributed by atoms with Crippen LogP contribution in [0.25, 0.3) is 5.69 Å². The van der Waals surface area contributed by atoms with Gasteiger partial charge in [0.1, 0.15) is 11.4 Å². The number of methoxy groups -OCH3 is 1. The fourth-order valence-corrected chi connectivity index (χ4v) is 4.61. The Morgan fingerprint density at radius 2 is 2.15 bits per heavy atom. The molecule has 0 spiro atoms. The van der Waals surface area contributed by atoms with Crippen molar-refractivity contribution in [2.24, 2.45) is 0 Å². The van der Waals surface area contributed by atoms with E-state index in [0.29, 0.717) is 6.54 Å².